The van der Waals surface area contributed by atoms with Gasteiger partial charge in [0.25, 0.3) is 0 Å². The molecule has 1 amide bonds. The highest BCUT2D eigenvalue weighted by Crippen LogP contribution is 2.14. The highest BCUT2D eigenvalue weighted by molar-refractivity contribution is 5.90. The molecule has 0 saturated carbocycles. The van der Waals surface area contributed by atoms with Crippen LogP contribution in [0.15, 0.2) is 0 Å². The van der Waals surface area contributed by atoms with Crippen LogP contribution in [0.4, 0.5) is 0 Å². The molecule has 0 fully saturated rings. The lowest BCUT2D eigenvalue weighted by molar-refractivity contribution is -0.160. The van der Waals surface area contributed by atoms with Crippen molar-refractivity contribution in [3.8, 4) is 0 Å². The molecule has 0 aromatic heterocycles. The first-order valence-electron chi connectivity index (χ1n) is 10.0. The smallest absolute Gasteiger partial charge is 0.329 e. The number of amides is 1. The molecule has 30 heavy (non-hydrogen) atoms. The summed E-state index contributed by atoms with van der Waals surface area (Å²) in [5.74, 6) is -2.57. The van der Waals surface area contributed by atoms with Gasteiger partial charge in [0.1, 0.15) is 22.8 Å². The number of carbonyl (C=O) groups is 4. The third-order valence-electron chi connectivity index (χ3n) is 3.21. The number of rotatable bonds is 8. The standard InChI is InChI=1S/C21H38N2O7/c1-19(2,3)28-15(24)11-10-14(18(27)30-21(7,8)9)23-17(26)13(22)12-16(25)29-20(4,5)6/h13-14H,10-12,22H2,1-9H3,(H,23,26)/t13-,14-/m0/s1. The van der Waals surface area contributed by atoms with Crippen LogP contribution in [0.5, 0.6) is 0 Å². The van der Waals surface area contributed by atoms with Crippen molar-refractivity contribution in [2.75, 3.05) is 0 Å². The van der Waals surface area contributed by atoms with E-state index in [1.54, 1.807) is 62.3 Å². The monoisotopic (exact) mass is 430 g/mol. The fraction of sp³-hybridized carbons (Fsp3) is 0.810. The van der Waals surface area contributed by atoms with Crippen molar-refractivity contribution < 1.29 is 33.4 Å². The Bertz CT molecular complexity index is 625. The number of esters is 3. The zero-order valence-corrected chi connectivity index (χ0v) is 19.7. The van der Waals surface area contributed by atoms with E-state index in [2.05, 4.69) is 5.32 Å². The Morgan fingerprint density at radius 2 is 1.20 bits per heavy atom. The molecule has 0 radical (unpaired) electrons. The van der Waals surface area contributed by atoms with Gasteiger partial charge < -0.3 is 25.3 Å². The van der Waals surface area contributed by atoms with Gasteiger partial charge in [-0.25, -0.2) is 4.79 Å². The third-order valence-corrected chi connectivity index (χ3v) is 3.21. The molecule has 9 heteroatoms. The van der Waals surface area contributed by atoms with Gasteiger partial charge >= 0.3 is 17.9 Å². The fourth-order valence-corrected chi connectivity index (χ4v) is 2.21. The first-order chi connectivity index (χ1) is 13.3. The maximum Gasteiger partial charge on any atom is 0.329 e. The summed E-state index contributed by atoms with van der Waals surface area (Å²) in [6.45, 7) is 15.3. The predicted molar refractivity (Wildman–Crippen MR) is 111 cm³/mol. The highest BCUT2D eigenvalue weighted by Gasteiger charge is 2.30. The highest BCUT2D eigenvalue weighted by atomic mass is 16.6. The lowest BCUT2D eigenvalue weighted by atomic mass is 10.1. The maximum absolute atomic E-state index is 12.5. The Morgan fingerprint density at radius 3 is 1.63 bits per heavy atom. The summed E-state index contributed by atoms with van der Waals surface area (Å²) in [5.41, 5.74) is 3.63. The van der Waals surface area contributed by atoms with Crippen LogP contribution in [0.3, 0.4) is 0 Å². The van der Waals surface area contributed by atoms with Gasteiger partial charge in [0.05, 0.1) is 12.5 Å². The molecule has 0 aromatic carbocycles. The van der Waals surface area contributed by atoms with E-state index in [0.717, 1.165) is 0 Å². The van der Waals surface area contributed by atoms with E-state index in [1.807, 2.05) is 0 Å². The van der Waals surface area contributed by atoms with E-state index in [9.17, 15) is 19.2 Å². The van der Waals surface area contributed by atoms with Crippen molar-refractivity contribution in [1.82, 2.24) is 5.32 Å². The lowest BCUT2D eigenvalue weighted by Gasteiger charge is -2.26. The van der Waals surface area contributed by atoms with Crippen LogP contribution >= 0.6 is 0 Å². The van der Waals surface area contributed by atoms with Gasteiger partial charge in [-0.1, -0.05) is 0 Å². The van der Waals surface area contributed by atoms with Gasteiger partial charge in [-0.05, 0) is 68.7 Å². The van der Waals surface area contributed by atoms with Gasteiger partial charge in [0, 0.05) is 6.42 Å². The summed E-state index contributed by atoms with van der Waals surface area (Å²) >= 11 is 0. The first kappa shape index (κ1) is 27.8. The number of hydrogen-bond acceptors (Lipinski definition) is 8. The van der Waals surface area contributed by atoms with E-state index in [0.29, 0.717) is 0 Å². The summed E-state index contributed by atoms with van der Waals surface area (Å²) in [6, 6.07) is -2.33. The average Bonchev–Trinajstić information content (AvgIpc) is 2.45. The van der Waals surface area contributed by atoms with Crippen molar-refractivity contribution >= 4 is 23.8 Å². The molecule has 9 nitrogen and oxygen atoms in total. The average molecular weight is 431 g/mol. The summed E-state index contributed by atoms with van der Waals surface area (Å²) in [5, 5.41) is 2.47. The minimum absolute atomic E-state index is 0.0330. The maximum atomic E-state index is 12.5. The minimum atomic E-state index is -1.22. The quantitative estimate of drug-likeness (QED) is 0.441. The predicted octanol–water partition coefficient (Wildman–Crippen LogP) is 1.99. The number of hydrogen-bond donors (Lipinski definition) is 2. The number of ether oxygens (including phenoxy) is 3. The van der Waals surface area contributed by atoms with Crippen molar-refractivity contribution in [1.29, 1.82) is 0 Å². The molecule has 174 valence electrons. The van der Waals surface area contributed by atoms with E-state index in [1.165, 1.54) is 0 Å². The Labute approximate surface area is 179 Å². The van der Waals surface area contributed by atoms with E-state index < -0.39 is 52.7 Å². The second kappa shape index (κ2) is 10.7. The van der Waals surface area contributed by atoms with Crippen LogP contribution in [0.2, 0.25) is 0 Å². The Morgan fingerprint density at radius 1 is 0.767 bits per heavy atom. The molecular weight excluding hydrogens is 392 g/mol. The van der Waals surface area contributed by atoms with Crippen LogP contribution < -0.4 is 11.1 Å². The lowest BCUT2D eigenvalue weighted by Crippen LogP contribution is -2.51. The number of nitrogens with one attached hydrogen (secondary N) is 1. The summed E-state index contributed by atoms with van der Waals surface area (Å²) in [7, 11) is 0. The second-order valence-electron chi connectivity index (χ2n) is 10.1. The summed E-state index contributed by atoms with van der Waals surface area (Å²) < 4.78 is 15.7. The Hall–Kier alpha value is -2.16. The summed E-state index contributed by atoms with van der Waals surface area (Å²) in [4.78, 5) is 48.8. The van der Waals surface area contributed by atoms with Crippen LogP contribution in [-0.4, -0.2) is 52.7 Å². The van der Waals surface area contributed by atoms with E-state index in [-0.39, 0.29) is 19.3 Å². The van der Waals surface area contributed by atoms with Gasteiger partial charge in [0.2, 0.25) is 5.91 Å². The molecule has 0 bridgehead atoms. The normalized spacial score (nSPS) is 14.3. The molecule has 0 unspecified atom stereocenters. The Balaban J connectivity index is 5.09. The minimum Gasteiger partial charge on any atom is -0.460 e. The number of carbonyl (C=O) groups excluding carboxylic acids is 4. The molecule has 0 aliphatic rings. The van der Waals surface area contributed by atoms with Crippen LogP contribution in [-0.2, 0) is 33.4 Å². The molecular formula is C21H38N2O7. The molecule has 0 spiro atoms. The molecule has 0 aliphatic carbocycles. The third kappa shape index (κ3) is 13.9. The SMILES string of the molecule is CC(C)(C)OC(=O)CC[C@H](NC(=O)[C@@H](N)CC(=O)OC(C)(C)C)C(=O)OC(C)(C)C. The van der Waals surface area contributed by atoms with Crippen molar-refractivity contribution in [3.63, 3.8) is 0 Å². The van der Waals surface area contributed by atoms with Gasteiger partial charge in [-0.3, -0.25) is 14.4 Å². The molecule has 0 saturated heterocycles. The zero-order chi connectivity index (χ0) is 23.9. The van der Waals surface area contributed by atoms with E-state index in [4.69, 9.17) is 19.9 Å². The fourth-order valence-electron chi connectivity index (χ4n) is 2.21. The number of nitrogens with two attached hydrogens (primary N) is 1. The Kier molecular flexibility index (Phi) is 9.97. The van der Waals surface area contributed by atoms with E-state index >= 15 is 0 Å². The van der Waals surface area contributed by atoms with Crippen LogP contribution in [0.25, 0.3) is 0 Å². The molecule has 0 heterocycles. The van der Waals surface area contributed by atoms with Crippen molar-refractivity contribution in [2.24, 2.45) is 5.73 Å². The summed E-state index contributed by atoms with van der Waals surface area (Å²) in [6.07, 6.45) is -0.492. The van der Waals surface area contributed by atoms with Crippen LogP contribution in [0.1, 0.15) is 81.6 Å². The molecule has 3 N–H and O–H groups in total. The molecule has 0 aliphatic heterocycles. The molecule has 0 aromatic rings. The topological polar surface area (TPSA) is 134 Å². The van der Waals surface area contributed by atoms with Gasteiger partial charge in [-0.2, -0.15) is 0 Å². The van der Waals surface area contributed by atoms with Gasteiger partial charge in [0.15, 0.2) is 0 Å². The zero-order valence-electron chi connectivity index (χ0n) is 19.7. The van der Waals surface area contributed by atoms with Gasteiger partial charge in [-0.15, -0.1) is 0 Å². The molecule has 2 atom stereocenters. The molecule has 0 rings (SSSR count). The second-order valence-corrected chi connectivity index (χ2v) is 10.1. The largest absolute Gasteiger partial charge is 0.460 e. The van der Waals surface area contributed by atoms with Crippen molar-refractivity contribution in [3.05, 3.63) is 0 Å². The van der Waals surface area contributed by atoms with Crippen LogP contribution in [0, 0.1) is 0 Å². The van der Waals surface area contributed by atoms with Crippen molar-refractivity contribution in [2.45, 2.75) is 110 Å². The first-order valence-corrected chi connectivity index (χ1v) is 10.0.